The number of hydrogen-bond donors (Lipinski definition) is 1. The van der Waals surface area contributed by atoms with Gasteiger partial charge in [-0.1, -0.05) is 19.3 Å². The molecule has 1 aliphatic carbocycles. The summed E-state index contributed by atoms with van der Waals surface area (Å²) < 4.78 is 2.28. The predicted octanol–water partition coefficient (Wildman–Crippen LogP) is 2.72. The third-order valence-corrected chi connectivity index (χ3v) is 3.75. The number of nitrogens with zero attached hydrogens (tertiary/aromatic N) is 2. The predicted molar refractivity (Wildman–Crippen MR) is 66.6 cm³/mol. The van der Waals surface area contributed by atoms with Crippen molar-refractivity contribution in [3.05, 3.63) is 17.0 Å². The fraction of sp³-hybridized carbons (Fsp3) is 0.769. The number of hydrogen-bond acceptors (Lipinski definition) is 2. The first-order valence-electron chi connectivity index (χ1n) is 6.43. The molecule has 0 unspecified atom stereocenters. The Bertz CT molecular complexity index is 348. The molecular weight excluding hydrogens is 198 g/mol. The molecule has 0 aromatic carbocycles. The molecule has 3 nitrogen and oxygen atoms in total. The van der Waals surface area contributed by atoms with Crippen LogP contribution in [0.15, 0.2) is 0 Å². The Kier molecular flexibility index (Phi) is 3.64. The van der Waals surface area contributed by atoms with Crippen molar-refractivity contribution in [1.82, 2.24) is 15.1 Å². The minimum absolute atomic E-state index is 0.651. The monoisotopic (exact) mass is 221 g/mol. The lowest BCUT2D eigenvalue weighted by atomic mass is 9.95. The highest BCUT2D eigenvalue weighted by atomic mass is 15.3. The fourth-order valence-corrected chi connectivity index (χ4v) is 2.81. The summed E-state index contributed by atoms with van der Waals surface area (Å²) in [6.45, 7) is 5.27. The van der Waals surface area contributed by atoms with Crippen LogP contribution in [-0.4, -0.2) is 16.8 Å². The molecule has 0 amide bonds. The van der Waals surface area contributed by atoms with Gasteiger partial charge in [-0.25, -0.2) is 0 Å². The van der Waals surface area contributed by atoms with Gasteiger partial charge in [0.1, 0.15) is 0 Å². The molecule has 0 radical (unpaired) electrons. The van der Waals surface area contributed by atoms with Gasteiger partial charge in [0.2, 0.25) is 0 Å². The second-order valence-electron chi connectivity index (χ2n) is 4.92. The third kappa shape index (κ3) is 2.14. The molecule has 1 fully saturated rings. The molecule has 1 N–H and O–H groups in total. The Morgan fingerprint density at radius 2 is 1.94 bits per heavy atom. The van der Waals surface area contributed by atoms with Crippen LogP contribution >= 0.6 is 0 Å². The first kappa shape index (κ1) is 11.6. The van der Waals surface area contributed by atoms with Crippen LogP contribution in [-0.2, 0) is 6.54 Å². The maximum Gasteiger partial charge on any atom is 0.0641 e. The van der Waals surface area contributed by atoms with E-state index in [4.69, 9.17) is 5.10 Å². The first-order valence-corrected chi connectivity index (χ1v) is 6.43. The maximum absolute atomic E-state index is 4.73. The molecule has 0 atom stereocenters. The average Bonchev–Trinajstić information content (AvgIpc) is 2.59. The lowest BCUT2D eigenvalue weighted by molar-refractivity contribution is 0.323. The van der Waals surface area contributed by atoms with Crippen LogP contribution in [0.2, 0.25) is 0 Å². The van der Waals surface area contributed by atoms with Crippen LogP contribution in [0.5, 0.6) is 0 Å². The standard InChI is InChI=1S/C13H23N3/c1-10-13(9-14-3)11(2)16(15-10)12-7-5-4-6-8-12/h12,14H,4-9H2,1-3H3. The Morgan fingerprint density at radius 1 is 1.25 bits per heavy atom. The normalized spacial score (nSPS) is 17.9. The summed E-state index contributed by atoms with van der Waals surface area (Å²) in [6.07, 6.45) is 6.75. The van der Waals surface area contributed by atoms with Gasteiger partial charge >= 0.3 is 0 Å². The minimum Gasteiger partial charge on any atom is -0.316 e. The molecule has 90 valence electrons. The SMILES string of the molecule is CNCc1c(C)nn(C2CCCCC2)c1C. The van der Waals surface area contributed by atoms with Crippen molar-refractivity contribution in [2.75, 3.05) is 7.05 Å². The van der Waals surface area contributed by atoms with Crippen LogP contribution in [0.1, 0.15) is 55.1 Å². The Labute approximate surface area is 98.2 Å². The van der Waals surface area contributed by atoms with E-state index in [-0.39, 0.29) is 0 Å². The van der Waals surface area contributed by atoms with Gasteiger partial charge in [0.25, 0.3) is 0 Å². The lowest BCUT2D eigenvalue weighted by Crippen LogP contribution is -2.16. The van der Waals surface area contributed by atoms with Gasteiger partial charge < -0.3 is 5.32 Å². The minimum atomic E-state index is 0.651. The summed E-state index contributed by atoms with van der Waals surface area (Å²) in [5.41, 5.74) is 3.93. The largest absolute Gasteiger partial charge is 0.316 e. The quantitative estimate of drug-likeness (QED) is 0.850. The van der Waals surface area contributed by atoms with Crippen molar-refractivity contribution in [2.45, 2.75) is 58.5 Å². The highest BCUT2D eigenvalue weighted by molar-refractivity contribution is 5.24. The van der Waals surface area contributed by atoms with E-state index in [9.17, 15) is 0 Å². The fourth-order valence-electron chi connectivity index (χ4n) is 2.81. The Hall–Kier alpha value is -0.830. The lowest BCUT2D eigenvalue weighted by Gasteiger charge is -2.23. The van der Waals surface area contributed by atoms with E-state index in [1.807, 2.05) is 7.05 Å². The highest BCUT2D eigenvalue weighted by Crippen LogP contribution is 2.30. The summed E-state index contributed by atoms with van der Waals surface area (Å²) in [5, 5.41) is 7.96. The van der Waals surface area contributed by atoms with Crippen molar-refractivity contribution < 1.29 is 0 Å². The van der Waals surface area contributed by atoms with E-state index in [0.717, 1.165) is 6.54 Å². The van der Waals surface area contributed by atoms with Gasteiger partial charge in [0, 0.05) is 17.8 Å². The van der Waals surface area contributed by atoms with Gasteiger partial charge in [-0.2, -0.15) is 5.10 Å². The second-order valence-corrected chi connectivity index (χ2v) is 4.92. The van der Waals surface area contributed by atoms with Crippen LogP contribution in [0, 0.1) is 13.8 Å². The topological polar surface area (TPSA) is 29.9 Å². The zero-order chi connectivity index (χ0) is 11.5. The smallest absolute Gasteiger partial charge is 0.0641 e. The van der Waals surface area contributed by atoms with E-state index in [1.165, 1.54) is 49.1 Å². The molecule has 16 heavy (non-hydrogen) atoms. The number of aromatic nitrogens is 2. The summed E-state index contributed by atoms with van der Waals surface area (Å²) in [7, 11) is 2.00. The van der Waals surface area contributed by atoms with Crippen LogP contribution in [0.4, 0.5) is 0 Å². The van der Waals surface area contributed by atoms with Crippen LogP contribution in [0.25, 0.3) is 0 Å². The van der Waals surface area contributed by atoms with Gasteiger partial charge in [0.05, 0.1) is 11.7 Å². The van der Waals surface area contributed by atoms with Gasteiger partial charge in [-0.05, 0) is 33.7 Å². The zero-order valence-electron chi connectivity index (χ0n) is 10.7. The van der Waals surface area contributed by atoms with Crippen molar-refractivity contribution in [2.24, 2.45) is 0 Å². The summed E-state index contributed by atoms with van der Waals surface area (Å²) >= 11 is 0. The number of nitrogens with one attached hydrogen (secondary N) is 1. The molecule has 1 aromatic heterocycles. The van der Waals surface area contributed by atoms with E-state index in [0.29, 0.717) is 6.04 Å². The van der Waals surface area contributed by atoms with Crippen LogP contribution < -0.4 is 5.32 Å². The molecule has 0 bridgehead atoms. The summed E-state index contributed by atoms with van der Waals surface area (Å²) in [6, 6.07) is 0.651. The van der Waals surface area contributed by atoms with Crippen molar-refractivity contribution in [1.29, 1.82) is 0 Å². The molecule has 0 aliphatic heterocycles. The van der Waals surface area contributed by atoms with Gasteiger partial charge in [0.15, 0.2) is 0 Å². The second kappa shape index (κ2) is 5.00. The molecule has 1 aromatic rings. The van der Waals surface area contributed by atoms with E-state index >= 15 is 0 Å². The van der Waals surface area contributed by atoms with Crippen molar-refractivity contribution >= 4 is 0 Å². The molecule has 0 spiro atoms. The Morgan fingerprint density at radius 3 is 2.56 bits per heavy atom. The highest BCUT2D eigenvalue weighted by Gasteiger charge is 2.20. The number of aryl methyl sites for hydroxylation is 1. The third-order valence-electron chi connectivity index (χ3n) is 3.75. The van der Waals surface area contributed by atoms with Gasteiger partial charge in [-0.3, -0.25) is 4.68 Å². The van der Waals surface area contributed by atoms with Crippen molar-refractivity contribution in [3.63, 3.8) is 0 Å². The van der Waals surface area contributed by atoms with E-state index in [2.05, 4.69) is 23.8 Å². The molecule has 2 rings (SSSR count). The number of rotatable bonds is 3. The van der Waals surface area contributed by atoms with Crippen molar-refractivity contribution in [3.8, 4) is 0 Å². The molecule has 1 saturated carbocycles. The first-order chi connectivity index (χ1) is 7.74. The molecular formula is C13H23N3. The molecule has 1 heterocycles. The van der Waals surface area contributed by atoms with E-state index < -0.39 is 0 Å². The summed E-state index contributed by atoms with van der Waals surface area (Å²) in [4.78, 5) is 0. The van der Waals surface area contributed by atoms with E-state index in [1.54, 1.807) is 0 Å². The molecule has 1 aliphatic rings. The molecule has 3 heteroatoms. The maximum atomic E-state index is 4.73. The zero-order valence-corrected chi connectivity index (χ0v) is 10.7. The average molecular weight is 221 g/mol. The molecule has 0 saturated heterocycles. The van der Waals surface area contributed by atoms with Crippen LogP contribution in [0.3, 0.4) is 0 Å². The van der Waals surface area contributed by atoms with Gasteiger partial charge in [-0.15, -0.1) is 0 Å². The Balaban J connectivity index is 2.23. The summed E-state index contributed by atoms with van der Waals surface area (Å²) in [5.74, 6) is 0.